The van der Waals surface area contributed by atoms with Crippen LogP contribution in [-0.2, 0) is 16.1 Å². The van der Waals surface area contributed by atoms with Gasteiger partial charge in [0.15, 0.2) is 0 Å². The van der Waals surface area contributed by atoms with Crippen molar-refractivity contribution in [1.29, 1.82) is 0 Å². The number of hydrogen-bond acceptors (Lipinski definition) is 3. The van der Waals surface area contributed by atoms with Gasteiger partial charge in [-0.2, -0.15) is 0 Å². The highest BCUT2D eigenvalue weighted by Crippen LogP contribution is 2.20. The standard InChI is InChI=1S/C13H17NO3S/c1-7-5-11(18-10(7)4)6-14-12(15)8(2)9(3)13(16)17/h5H,6H2,1-4H3,(H,14,15)(H,16,17). The summed E-state index contributed by atoms with van der Waals surface area (Å²) in [5.74, 6) is -1.40. The summed E-state index contributed by atoms with van der Waals surface area (Å²) in [6, 6.07) is 2.03. The molecule has 1 aromatic rings. The Balaban J connectivity index is 2.67. The van der Waals surface area contributed by atoms with Gasteiger partial charge in [0.25, 0.3) is 0 Å². The van der Waals surface area contributed by atoms with Crippen molar-refractivity contribution < 1.29 is 14.7 Å². The lowest BCUT2D eigenvalue weighted by atomic mass is 10.1. The summed E-state index contributed by atoms with van der Waals surface area (Å²) in [5.41, 5.74) is 1.52. The van der Waals surface area contributed by atoms with E-state index in [1.165, 1.54) is 24.3 Å². The second kappa shape index (κ2) is 5.82. The molecule has 1 amide bonds. The molecule has 0 fully saturated rings. The number of carboxylic acid groups (broad SMARTS) is 1. The molecule has 18 heavy (non-hydrogen) atoms. The number of amides is 1. The van der Waals surface area contributed by atoms with Crippen molar-refractivity contribution in [2.45, 2.75) is 34.2 Å². The zero-order valence-electron chi connectivity index (χ0n) is 11.0. The van der Waals surface area contributed by atoms with Crippen LogP contribution in [-0.4, -0.2) is 17.0 Å². The molecule has 1 aromatic heterocycles. The monoisotopic (exact) mass is 267 g/mol. The summed E-state index contributed by atoms with van der Waals surface area (Å²) in [5, 5.41) is 11.5. The van der Waals surface area contributed by atoms with Crippen molar-refractivity contribution in [2.75, 3.05) is 0 Å². The minimum absolute atomic E-state index is 0.0750. The van der Waals surface area contributed by atoms with E-state index < -0.39 is 5.97 Å². The van der Waals surface area contributed by atoms with Crippen LogP contribution in [0.1, 0.15) is 29.2 Å². The molecule has 0 aromatic carbocycles. The molecule has 0 saturated heterocycles. The number of rotatable bonds is 4. The fourth-order valence-electron chi connectivity index (χ4n) is 1.37. The molecule has 0 aliphatic rings. The van der Waals surface area contributed by atoms with Crippen molar-refractivity contribution in [3.8, 4) is 0 Å². The minimum Gasteiger partial charge on any atom is -0.478 e. The Hall–Kier alpha value is -1.62. The van der Waals surface area contributed by atoms with Gasteiger partial charge in [-0.1, -0.05) is 0 Å². The van der Waals surface area contributed by atoms with Crippen LogP contribution < -0.4 is 5.32 Å². The van der Waals surface area contributed by atoms with E-state index in [1.807, 2.05) is 19.9 Å². The lowest BCUT2D eigenvalue weighted by Gasteiger charge is -2.05. The summed E-state index contributed by atoms with van der Waals surface area (Å²) >= 11 is 1.64. The van der Waals surface area contributed by atoms with Crippen LogP contribution in [0.4, 0.5) is 0 Å². The number of aliphatic carboxylic acids is 1. The molecular weight excluding hydrogens is 250 g/mol. The Kier molecular flexibility index (Phi) is 4.67. The van der Waals surface area contributed by atoms with Crippen molar-refractivity contribution >= 4 is 23.2 Å². The Morgan fingerprint density at radius 3 is 2.33 bits per heavy atom. The van der Waals surface area contributed by atoms with Crippen LogP contribution in [0, 0.1) is 13.8 Å². The highest BCUT2D eigenvalue weighted by Gasteiger charge is 2.12. The Labute approximate surface area is 110 Å². The fraction of sp³-hybridized carbons (Fsp3) is 0.385. The summed E-state index contributed by atoms with van der Waals surface area (Å²) in [6.45, 7) is 7.44. The highest BCUT2D eigenvalue weighted by molar-refractivity contribution is 7.12. The maximum Gasteiger partial charge on any atom is 0.331 e. The molecule has 0 atom stereocenters. The Morgan fingerprint density at radius 2 is 1.89 bits per heavy atom. The third-order valence-electron chi connectivity index (χ3n) is 2.86. The van der Waals surface area contributed by atoms with E-state index in [4.69, 9.17) is 5.11 Å². The van der Waals surface area contributed by atoms with Gasteiger partial charge >= 0.3 is 5.97 Å². The first-order chi connectivity index (χ1) is 8.32. The molecular formula is C13H17NO3S. The zero-order chi connectivity index (χ0) is 13.9. The Morgan fingerprint density at radius 1 is 1.28 bits per heavy atom. The molecule has 0 bridgehead atoms. The Bertz CT molecular complexity index is 495. The SMILES string of the molecule is CC(C(=O)O)=C(C)C(=O)NCc1cc(C)c(C)s1. The maximum atomic E-state index is 11.7. The number of aryl methyl sites for hydroxylation is 2. The largest absolute Gasteiger partial charge is 0.478 e. The second-order valence-electron chi connectivity index (χ2n) is 4.19. The molecule has 1 rings (SSSR count). The van der Waals surface area contributed by atoms with Crippen molar-refractivity contribution in [1.82, 2.24) is 5.32 Å². The van der Waals surface area contributed by atoms with E-state index in [2.05, 4.69) is 5.32 Å². The third-order valence-corrected chi connectivity index (χ3v) is 4.02. The fourth-order valence-corrected chi connectivity index (χ4v) is 2.36. The lowest BCUT2D eigenvalue weighted by Crippen LogP contribution is -2.24. The summed E-state index contributed by atoms with van der Waals surface area (Å²) < 4.78 is 0. The first-order valence-corrected chi connectivity index (χ1v) is 6.39. The van der Waals surface area contributed by atoms with Gasteiger partial charge in [-0.3, -0.25) is 4.79 Å². The molecule has 0 aliphatic heterocycles. The van der Waals surface area contributed by atoms with Crippen molar-refractivity contribution in [2.24, 2.45) is 0 Å². The van der Waals surface area contributed by atoms with Gasteiger partial charge in [0.05, 0.1) is 6.54 Å². The molecule has 1 heterocycles. The summed E-state index contributed by atoms with van der Waals surface area (Å²) in [4.78, 5) is 24.8. The van der Waals surface area contributed by atoms with Crippen LogP contribution in [0.25, 0.3) is 0 Å². The van der Waals surface area contributed by atoms with Crippen LogP contribution >= 0.6 is 11.3 Å². The first-order valence-electron chi connectivity index (χ1n) is 5.57. The molecule has 0 unspecified atom stereocenters. The van der Waals surface area contributed by atoms with E-state index in [0.29, 0.717) is 6.54 Å². The van der Waals surface area contributed by atoms with Crippen LogP contribution in [0.2, 0.25) is 0 Å². The van der Waals surface area contributed by atoms with Crippen LogP contribution in [0.5, 0.6) is 0 Å². The van der Waals surface area contributed by atoms with E-state index in [1.54, 1.807) is 11.3 Å². The first kappa shape index (κ1) is 14.4. The molecule has 0 spiro atoms. The van der Waals surface area contributed by atoms with Gasteiger partial charge in [-0.05, 0) is 39.3 Å². The average molecular weight is 267 g/mol. The molecule has 0 saturated carbocycles. The van der Waals surface area contributed by atoms with Gasteiger partial charge in [-0.25, -0.2) is 4.79 Å². The second-order valence-corrected chi connectivity index (χ2v) is 5.53. The highest BCUT2D eigenvalue weighted by atomic mass is 32.1. The summed E-state index contributed by atoms with van der Waals surface area (Å²) in [6.07, 6.45) is 0. The van der Waals surface area contributed by atoms with E-state index in [-0.39, 0.29) is 17.1 Å². The number of nitrogens with one attached hydrogen (secondary N) is 1. The molecule has 98 valence electrons. The quantitative estimate of drug-likeness (QED) is 0.823. The van der Waals surface area contributed by atoms with Gasteiger partial charge < -0.3 is 10.4 Å². The number of carboxylic acids is 1. The van der Waals surface area contributed by atoms with Gasteiger partial charge in [-0.15, -0.1) is 11.3 Å². The molecule has 5 heteroatoms. The van der Waals surface area contributed by atoms with Crippen molar-refractivity contribution in [3.05, 3.63) is 32.5 Å². The predicted molar refractivity (Wildman–Crippen MR) is 71.6 cm³/mol. The predicted octanol–water partition coefficient (Wildman–Crippen LogP) is 2.40. The topological polar surface area (TPSA) is 66.4 Å². The summed E-state index contributed by atoms with van der Waals surface area (Å²) in [7, 11) is 0. The molecule has 4 nitrogen and oxygen atoms in total. The number of carbonyl (C=O) groups excluding carboxylic acids is 1. The normalized spacial score (nSPS) is 12.0. The molecule has 2 N–H and O–H groups in total. The zero-order valence-corrected chi connectivity index (χ0v) is 11.8. The van der Waals surface area contributed by atoms with Crippen molar-refractivity contribution in [3.63, 3.8) is 0 Å². The van der Waals surface area contributed by atoms with E-state index in [9.17, 15) is 9.59 Å². The third kappa shape index (κ3) is 3.43. The number of carbonyl (C=O) groups is 2. The van der Waals surface area contributed by atoms with Gasteiger partial charge in [0.2, 0.25) is 5.91 Å². The average Bonchev–Trinajstić information content (AvgIpc) is 2.63. The lowest BCUT2D eigenvalue weighted by molar-refractivity contribution is -0.133. The molecule has 0 radical (unpaired) electrons. The number of hydrogen-bond donors (Lipinski definition) is 2. The van der Waals surface area contributed by atoms with E-state index in [0.717, 1.165) is 4.88 Å². The van der Waals surface area contributed by atoms with Gasteiger partial charge in [0.1, 0.15) is 0 Å². The smallest absolute Gasteiger partial charge is 0.331 e. The number of thiophene rings is 1. The molecule has 0 aliphatic carbocycles. The minimum atomic E-state index is -1.06. The van der Waals surface area contributed by atoms with Crippen LogP contribution in [0.15, 0.2) is 17.2 Å². The maximum absolute atomic E-state index is 11.7. The van der Waals surface area contributed by atoms with E-state index >= 15 is 0 Å². The van der Waals surface area contributed by atoms with Gasteiger partial charge in [0, 0.05) is 20.9 Å². The van der Waals surface area contributed by atoms with Crippen LogP contribution in [0.3, 0.4) is 0 Å².